The molecule has 0 bridgehead atoms. The number of aryl methyl sites for hydroxylation is 1. The highest BCUT2D eigenvalue weighted by molar-refractivity contribution is 8.13. The molecule has 0 aliphatic carbocycles. The molecule has 1 unspecified atom stereocenters. The maximum absolute atomic E-state index is 4.71. The summed E-state index contributed by atoms with van der Waals surface area (Å²) in [5, 5.41) is 4.73. The van der Waals surface area contributed by atoms with Gasteiger partial charge in [-0.3, -0.25) is 4.99 Å². The predicted molar refractivity (Wildman–Crippen MR) is 86.0 cm³/mol. The molecule has 1 aromatic rings. The lowest BCUT2D eigenvalue weighted by molar-refractivity contribution is 0.390. The van der Waals surface area contributed by atoms with E-state index in [4.69, 9.17) is 4.99 Å². The summed E-state index contributed by atoms with van der Waals surface area (Å²) in [4.78, 5) is 4.71. The number of rotatable bonds is 5. The Kier molecular flexibility index (Phi) is 5.32. The van der Waals surface area contributed by atoms with Crippen LogP contribution in [0.3, 0.4) is 0 Å². The summed E-state index contributed by atoms with van der Waals surface area (Å²) >= 11 is 1.87. The SMILES string of the molecule is CCC1(C)CCSC(=NCCCc2ccccc2)N1. The lowest BCUT2D eigenvalue weighted by Crippen LogP contribution is -2.48. The van der Waals surface area contributed by atoms with Crippen molar-refractivity contribution in [2.24, 2.45) is 4.99 Å². The summed E-state index contributed by atoms with van der Waals surface area (Å²) in [5.41, 5.74) is 1.66. The number of nitrogens with one attached hydrogen (secondary N) is 1. The number of hydrogen-bond donors (Lipinski definition) is 1. The molecule has 1 heterocycles. The minimum atomic E-state index is 0.253. The number of nitrogens with zero attached hydrogens (tertiary/aromatic N) is 1. The molecule has 1 aliphatic heterocycles. The van der Waals surface area contributed by atoms with E-state index in [1.807, 2.05) is 11.8 Å². The summed E-state index contributed by atoms with van der Waals surface area (Å²) in [6, 6.07) is 10.7. The Morgan fingerprint density at radius 3 is 2.84 bits per heavy atom. The lowest BCUT2D eigenvalue weighted by Gasteiger charge is -2.35. The van der Waals surface area contributed by atoms with E-state index in [2.05, 4.69) is 49.5 Å². The van der Waals surface area contributed by atoms with Crippen molar-refractivity contribution in [3.8, 4) is 0 Å². The van der Waals surface area contributed by atoms with Crippen LogP contribution >= 0.6 is 11.8 Å². The monoisotopic (exact) mass is 276 g/mol. The fourth-order valence-electron chi connectivity index (χ4n) is 2.19. The summed E-state index contributed by atoms with van der Waals surface area (Å²) in [7, 11) is 0. The van der Waals surface area contributed by atoms with Gasteiger partial charge in [-0.1, -0.05) is 49.0 Å². The fraction of sp³-hybridized carbons (Fsp3) is 0.562. The first-order valence-electron chi connectivity index (χ1n) is 7.21. The maximum atomic E-state index is 4.71. The smallest absolute Gasteiger partial charge is 0.156 e. The second kappa shape index (κ2) is 6.99. The molecule has 19 heavy (non-hydrogen) atoms. The Morgan fingerprint density at radius 2 is 2.11 bits per heavy atom. The van der Waals surface area contributed by atoms with E-state index < -0.39 is 0 Å². The number of benzene rings is 1. The molecule has 1 fully saturated rings. The van der Waals surface area contributed by atoms with E-state index in [0.717, 1.165) is 31.0 Å². The maximum Gasteiger partial charge on any atom is 0.156 e. The van der Waals surface area contributed by atoms with E-state index >= 15 is 0 Å². The van der Waals surface area contributed by atoms with Crippen molar-refractivity contribution in [3.05, 3.63) is 35.9 Å². The van der Waals surface area contributed by atoms with Gasteiger partial charge in [-0.25, -0.2) is 0 Å². The van der Waals surface area contributed by atoms with Gasteiger partial charge < -0.3 is 5.32 Å². The zero-order chi connectivity index (χ0) is 13.6. The van der Waals surface area contributed by atoms with E-state index in [9.17, 15) is 0 Å². The molecule has 2 rings (SSSR count). The van der Waals surface area contributed by atoms with E-state index in [-0.39, 0.29) is 5.54 Å². The van der Waals surface area contributed by atoms with Gasteiger partial charge in [-0.2, -0.15) is 0 Å². The Labute approximate surface area is 121 Å². The van der Waals surface area contributed by atoms with Crippen LogP contribution < -0.4 is 5.32 Å². The van der Waals surface area contributed by atoms with Crippen molar-refractivity contribution >= 4 is 16.9 Å². The molecule has 2 nitrogen and oxygen atoms in total. The minimum absolute atomic E-state index is 0.253. The molecule has 0 spiro atoms. The molecule has 1 N–H and O–H groups in total. The van der Waals surface area contributed by atoms with E-state index in [1.165, 1.54) is 17.7 Å². The highest BCUT2D eigenvalue weighted by Crippen LogP contribution is 2.24. The molecule has 3 heteroatoms. The topological polar surface area (TPSA) is 24.4 Å². The normalized spacial score (nSPS) is 25.3. The highest BCUT2D eigenvalue weighted by Gasteiger charge is 2.27. The Hall–Kier alpha value is -0.960. The van der Waals surface area contributed by atoms with Crippen molar-refractivity contribution in [3.63, 3.8) is 0 Å². The van der Waals surface area contributed by atoms with Gasteiger partial charge >= 0.3 is 0 Å². The number of thioether (sulfide) groups is 1. The summed E-state index contributed by atoms with van der Waals surface area (Å²) in [6.07, 6.45) is 4.64. The van der Waals surface area contributed by atoms with Gasteiger partial charge in [0.15, 0.2) is 5.17 Å². The highest BCUT2D eigenvalue weighted by atomic mass is 32.2. The molecule has 0 amide bonds. The first-order chi connectivity index (χ1) is 9.22. The van der Waals surface area contributed by atoms with E-state index in [1.54, 1.807) is 0 Å². The lowest BCUT2D eigenvalue weighted by atomic mass is 9.96. The Bertz CT molecular complexity index is 416. The largest absolute Gasteiger partial charge is 0.360 e. The van der Waals surface area contributed by atoms with Gasteiger partial charge in [0.25, 0.3) is 0 Å². The third-order valence-electron chi connectivity index (χ3n) is 3.80. The zero-order valence-electron chi connectivity index (χ0n) is 12.0. The molecule has 1 aliphatic rings. The first-order valence-corrected chi connectivity index (χ1v) is 8.20. The van der Waals surface area contributed by atoms with Crippen molar-refractivity contribution in [2.75, 3.05) is 12.3 Å². The second-order valence-electron chi connectivity index (χ2n) is 5.41. The van der Waals surface area contributed by atoms with Crippen molar-refractivity contribution < 1.29 is 0 Å². The van der Waals surface area contributed by atoms with Crippen LogP contribution in [0.1, 0.15) is 38.7 Å². The molecule has 104 valence electrons. The molecular formula is C16H24N2S. The minimum Gasteiger partial charge on any atom is -0.360 e. The molecule has 0 saturated carbocycles. The third-order valence-corrected chi connectivity index (χ3v) is 4.72. The molecule has 0 aromatic heterocycles. The van der Waals surface area contributed by atoms with Crippen LogP contribution in [0.2, 0.25) is 0 Å². The average Bonchev–Trinajstić information content (AvgIpc) is 2.45. The fourth-order valence-corrected chi connectivity index (χ4v) is 3.44. The van der Waals surface area contributed by atoms with Gasteiger partial charge in [0, 0.05) is 17.8 Å². The van der Waals surface area contributed by atoms with Gasteiger partial charge in [-0.15, -0.1) is 0 Å². The van der Waals surface area contributed by atoms with E-state index in [0.29, 0.717) is 0 Å². The molecule has 1 aromatic carbocycles. The van der Waals surface area contributed by atoms with Crippen LogP contribution in [0, 0.1) is 0 Å². The predicted octanol–water partition coefficient (Wildman–Crippen LogP) is 3.87. The molecule has 1 saturated heterocycles. The van der Waals surface area contributed by atoms with Crippen molar-refractivity contribution in [1.29, 1.82) is 0 Å². The summed E-state index contributed by atoms with van der Waals surface area (Å²) < 4.78 is 0. The molecule has 0 radical (unpaired) electrons. The van der Waals surface area contributed by atoms with Crippen LogP contribution in [0.4, 0.5) is 0 Å². The van der Waals surface area contributed by atoms with Gasteiger partial charge in [0.2, 0.25) is 0 Å². The number of hydrogen-bond acceptors (Lipinski definition) is 2. The summed E-state index contributed by atoms with van der Waals surface area (Å²) in [5.74, 6) is 1.19. The van der Waals surface area contributed by atoms with Gasteiger partial charge in [0.05, 0.1) is 0 Å². The van der Waals surface area contributed by atoms with Crippen molar-refractivity contribution in [1.82, 2.24) is 5.32 Å². The van der Waals surface area contributed by atoms with Crippen molar-refractivity contribution in [2.45, 2.75) is 45.1 Å². The van der Waals surface area contributed by atoms with Crippen LogP contribution in [-0.4, -0.2) is 23.0 Å². The summed E-state index contributed by atoms with van der Waals surface area (Å²) in [6.45, 7) is 5.46. The van der Waals surface area contributed by atoms with Gasteiger partial charge in [0.1, 0.15) is 0 Å². The molecule has 1 atom stereocenters. The second-order valence-corrected chi connectivity index (χ2v) is 6.50. The van der Waals surface area contributed by atoms with Crippen LogP contribution in [0.5, 0.6) is 0 Å². The standard InChI is InChI=1S/C16H24N2S/c1-3-16(2)11-13-19-15(18-16)17-12-7-10-14-8-5-4-6-9-14/h4-6,8-9H,3,7,10-13H2,1-2H3,(H,17,18). The Morgan fingerprint density at radius 1 is 1.32 bits per heavy atom. The van der Waals surface area contributed by atoms with Crippen LogP contribution in [-0.2, 0) is 6.42 Å². The Balaban J connectivity index is 1.76. The average molecular weight is 276 g/mol. The van der Waals surface area contributed by atoms with Gasteiger partial charge in [-0.05, 0) is 38.2 Å². The number of aliphatic imine (C=N–C) groups is 1. The third kappa shape index (κ3) is 4.57. The van der Waals surface area contributed by atoms with Crippen LogP contribution in [0.25, 0.3) is 0 Å². The zero-order valence-corrected chi connectivity index (χ0v) is 12.8. The quantitative estimate of drug-likeness (QED) is 0.826. The number of amidine groups is 1. The van der Waals surface area contributed by atoms with Crippen LogP contribution in [0.15, 0.2) is 35.3 Å². The first kappa shape index (κ1) is 14.4. The molecular weight excluding hydrogens is 252 g/mol.